The van der Waals surface area contributed by atoms with Crippen molar-refractivity contribution in [2.45, 2.75) is 32.6 Å². The number of thiophene rings is 1. The van der Waals surface area contributed by atoms with Crippen molar-refractivity contribution in [3.8, 4) is 10.4 Å². The number of hydrogen-bond acceptors (Lipinski definition) is 5. The molecule has 3 aromatic rings. The van der Waals surface area contributed by atoms with Crippen LogP contribution in [0.3, 0.4) is 0 Å². The van der Waals surface area contributed by atoms with Crippen molar-refractivity contribution in [1.82, 2.24) is 14.5 Å². The maximum absolute atomic E-state index is 12.9. The third-order valence-corrected chi connectivity index (χ3v) is 5.75. The van der Waals surface area contributed by atoms with Crippen LogP contribution in [-0.2, 0) is 16.1 Å². The number of amides is 1. The Morgan fingerprint density at radius 1 is 1.22 bits per heavy atom. The number of carbonyl (C=O) groups excluding carboxylic acids is 1. The van der Waals surface area contributed by atoms with Crippen molar-refractivity contribution < 1.29 is 9.53 Å². The van der Waals surface area contributed by atoms with Crippen LogP contribution in [0.15, 0.2) is 47.5 Å². The van der Waals surface area contributed by atoms with Crippen LogP contribution in [0.1, 0.15) is 13.8 Å². The van der Waals surface area contributed by atoms with Gasteiger partial charge in [0.25, 0.3) is 5.56 Å². The highest BCUT2D eigenvalue weighted by atomic mass is 32.1. The number of benzene rings is 1. The summed E-state index contributed by atoms with van der Waals surface area (Å²) in [7, 11) is 0. The molecule has 1 amide bonds. The van der Waals surface area contributed by atoms with E-state index in [-0.39, 0.29) is 30.2 Å². The van der Waals surface area contributed by atoms with Crippen molar-refractivity contribution in [2.24, 2.45) is 0 Å². The van der Waals surface area contributed by atoms with Gasteiger partial charge in [-0.2, -0.15) is 0 Å². The van der Waals surface area contributed by atoms with Crippen LogP contribution in [0.25, 0.3) is 20.7 Å². The van der Waals surface area contributed by atoms with E-state index in [1.165, 1.54) is 22.2 Å². The summed E-state index contributed by atoms with van der Waals surface area (Å²) in [5.74, 6) is -0.0845. The van der Waals surface area contributed by atoms with E-state index >= 15 is 0 Å². The smallest absolute Gasteiger partial charge is 0.262 e. The third kappa shape index (κ3) is 3.65. The topological polar surface area (TPSA) is 64.4 Å². The fourth-order valence-corrected chi connectivity index (χ4v) is 4.44. The minimum absolute atomic E-state index is 0.000307. The average Bonchev–Trinajstić information content (AvgIpc) is 3.09. The van der Waals surface area contributed by atoms with Crippen molar-refractivity contribution in [2.75, 3.05) is 13.1 Å². The lowest BCUT2D eigenvalue weighted by Gasteiger charge is -2.35. The van der Waals surface area contributed by atoms with Gasteiger partial charge < -0.3 is 9.64 Å². The number of carbonyl (C=O) groups is 1. The minimum atomic E-state index is -0.180. The Morgan fingerprint density at radius 2 is 1.93 bits per heavy atom. The Balaban J connectivity index is 1.60. The molecule has 0 N–H and O–H groups in total. The van der Waals surface area contributed by atoms with E-state index in [0.717, 1.165) is 10.4 Å². The van der Waals surface area contributed by atoms with Gasteiger partial charge in [0, 0.05) is 18.0 Å². The number of fused-ring (bicyclic) bond motifs is 1. The summed E-state index contributed by atoms with van der Waals surface area (Å²) in [6, 6.07) is 11.8. The first-order valence-electron chi connectivity index (χ1n) is 8.99. The Bertz CT molecular complexity index is 1020. The van der Waals surface area contributed by atoms with Crippen LogP contribution < -0.4 is 5.56 Å². The van der Waals surface area contributed by atoms with Gasteiger partial charge in [0.1, 0.15) is 11.4 Å². The molecule has 7 heteroatoms. The van der Waals surface area contributed by atoms with Crippen LogP contribution in [0.5, 0.6) is 0 Å². The van der Waals surface area contributed by atoms with Gasteiger partial charge >= 0.3 is 0 Å². The van der Waals surface area contributed by atoms with E-state index in [1.807, 2.05) is 50.2 Å². The van der Waals surface area contributed by atoms with Crippen LogP contribution in [0.4, 0.5) is 0 Å². The Morgan fingerprint density at radius 3 is 2.63 bits per heavy atom. The summed E-state index contributed by atoms with van der Waals surface area (Å²) in [6.45, 7) is 4.99. The summed E-state index contributed by atoms with van der Waals surface area (Å²) in [5, 5.41) is 0.554. The molecule has 1 aliphatic heterocycles. The van der Waals surface area contributed by atoms with Crippen molar-refractivity contribution in [3.63, 3.8) is 0 Å². The highest BCUT2D eigenvalue weighted by Crippen LogP contribution is 2.30. The molecule has 1 fully saturated rings. The van der Waals surface area contributed by atoms with Crippen LogP contribution in [0.2, 0.25) is 0 Å². The third-order valence-electron chi connectivity index (χ3n) is 4.65. The second-order valence-electron chi connectivity index (χ2n) is 6.93. The lowest BCUT2D eigenvalue weighted by atomic mass is 10.2. The van der Waals surface area contributed by atoms with E-state index in [1.54, 1.807) is 4.90 Å². The zero-order valence-electron chi connectivity index (χ0n) is 15.3. The predicted octanol–water partition coefficient (Wildman–Crippen LogP) is 2.76. The molecule has 3 heterocycles. The quantitative estimate of drug-likeness (QED) is 0.698. The number of rotatable bonds is 3. The van der Waals surface area contributed by atoms with Gasteiger partial charge in [0.2, 0.25) is 5.91 Å². The molecular formula is C20H21N3O3S. The average molecular weight is 383 g/mol. The fraction of sp³-hybridized carbons (Fsp3) is 0.350. The SMILES string of the molecule is C[C@H]1CN(C(=O)Cn2cnc3sc(-c4ccccc4)cc3c2=O)C[C@H](C)O1. The molecule has 4 rings (SSSR count). The molecule has 2 aromatic heterocycles. The van der Waals surface area contributed by atoms with Crippen molar-refractivity contribution in [1.29, 1.82) is 0 Å². The maximum Gasteiger partial charge on any atom is 0.262 e. The molecule has 6 nitrogen and oxygen atoms in total. The molecule has 1 aliphatic rings. The van der Waals surface area contributed by atoms with E-state index < -0.39 is 0 Å². The molecule has 1 saturated heterocycles. The zero-order chi connectivity index (χ0) is 19.0. The summed E-state index contributed by atoms with van der Waals surface area (Å²) < 4.78 is 7.07. The van der Waals surface area contributed by atoms with Gasteiger partial charge in [-0.25, -0.2) is 4.98 Å². The summed E-state index contributed by atoms with van der Waals surface area (Å²) in [4.78, 5) is 33.4. The van der Waals surface area contributed by atoms with Gasteiger partial charge in [-0.3, -0.25) is 14.2 Å². The number of hydrogen-bond donors (Lipinski definition) is 0. The maximum atomic E-state index is 12.9. The summed E-state index contributed by atoms with van der Waals surface area (Å²) in [5.41, 5.74) is 0.875. The monoisotopic (exact) mass is 383 g/mol. The molecule has 27 heavy (non-hydrogen) atoms. The molecule has 1 aromatic carbocycles. The molecule has 0 radical (unpaired) electrons. The Labute approximate surface area is 161 Å². The van der Waals surface area contributed by atoms with E-state index in [9.17, 15) is 9.59 Å². The van der Waals surface area contributed by atoms with Gasteiger partial charge in [-0.15, -0.1) is 11.3 Å². The van der Waals surface area contributed by atoms with Gasteiger partial charge in [0.15, 0.2) is 0 Å². The second kappa shape index (κ2) is 7.25. The highest BCUT2D eigenvalue weighted by Gasteiger charge is 2.26. The molecule has 0 bridgehead atoms. The van der Waals surface area contributed by atoms with Crippen LogP contribution >= 0.6 is 11.3 Å². The standard InChI is InChI=1S/C20H21N3O3S/c1-13-9-22(10-14(2)26-13)18(24)11-23-12-21-19-16(20(23)25)8-17(27-19)15-6-4-3-5-7-15/h3-8,12-14H,9-11H2,1-2H3/t13-,14-/m0/s1. The number of nitrogens with zero attached hydrogens (tertiary/aromatic N) is 3. The fourth-order valence-electron chi connectivity index (χ4n) is 3.44. The van der Waals surface area contributed by atoms with Gasteiger partial charge in [-0.1, -0.05) is 30.3 Å². The molecule has 140 valence electrons. The normalized spacial score (nSPS) is 20.1. The first-order valence-corrected chi connectivity index (χ1v) is 9.80. The summed E-state index contributed by atoms with van der Waals surface area (Å²) >= 11 is 1.48. The molecule has 0 spiro atoms. The van der Waals surface area contributed by atoms with Crippen molar-refractivity contribution >= 4 is 27.5 Å². The Hall–Kier alpha value is -2.51. The van der Waals surface area contributed by atoms with Crippen LogP contribution in [0, 0.1) is 0 Å². The first-order chi connectivity index (χ1) is 13.0. The lowest BCUT2D eigenvalue weighted by molar-refractivity contribution is -0.143. The Kier molecular flexibility index (Phi) is 4.80. The van der Waals surface area contributed by atoms with Gasteiger partial charge in [0.05, 0.1) is 23.9 Å². The molecule has 2 atom stereocenters. The van der Waals surface area contributed by atoms with E-state index in [2.05, 4.69) is 4.98 Å². The van der Waals surface area contributed by atoms with Crippen molar-refractivity contribution in [3.05, 3.63) is 53.1 Å². The number of ether oxygens (including phenoxy) is 1. The van der Waals surface area contributed by atoms with E-state index in [4.69, 9.17) is 4.74 Å². The molecule has 0 aliphatic carbocycles. The molecular weight excluding hydrogens is 362 g/mol. The molecule has 0 saturated carbocycles. The second-order valence-corrected chi connectivity index (χ2v) is 7.96. The first kappa shape index (κ1) is 17.9. The zero-order valence-corrected chi connectivity index (χ0v) is 16.1. The number of aromatic nitrogens is 2. The predicted molar refractivity (Wildman–Crippen MR) is 106 cm³/mol. The number of morpholine rings is 1. The van der Waals surface area contributed by atoms with Gasteiger partial charge in [-0.05, 0) is 25.5 Å². The van der Waals surface area contributed by atoms with E-state index in [0.29, 0.717) is 23.3 Å². The summed E-state index contributed by atoms with van der Waals surface area (Å²) in [6.07, 6.45) is 1.47. The largest absolute Gasteiger partial charge is 0.372 e. The molecule has 0 unspecified atom stereocenters. The highest BCUT2D eigenvalue weighted by molar-refractivity contribution is 7.21. The lowest BCUT2D eigenvalue weighted by Crippen LogP contribution is -2.49. The minimum Gasteiger partial charge on any atom is -0.372 e. The van der Waals surface area contributed by atoms with Crippen LogP contribution in [-0.4, -0.2) is 45.7 Å².